The number of carboxylic acid groups (broad SMARTS) is 2. The SMILES string of the molecule is CC(C)(O/N=C(\C(=O)NC1C(=O)N2C(C(=O)O)=C(CSc3ncnc4cc(O)c(O)cc34)CS[C@H]12)c1csc(N)n1)C(=O)O. The van der Waals surface area contributed by atoms with E-state index in [1.807, 2.05) is 0 Å². The van der Waals surface area contributed by atoms with Crippen LogP contribution in [0, 0.1) is 0 Å². The minimum atomic E-state index is -1.79. The van der Waals surface area contributed by atoms with Crippen molar-refractivity contribution in [3.8, 4) is 11.5 Å². The minimum Gasteiger partial charge on any atom is -0.504 e. The van der Waals surface area contributed by atoms with Crippen molar-refractivity contribution in [3.05, 3.63) is 40.8 Å². The van der Waals surface area contributed by atoms with E-state index in [2.05, 4.69) is 25.4 Å². The van der Waals surface area contributed by atoms with Crippen molar-refractivity contribution in [1.82, 2.24) is 25.2 Å². The van der Waals surface area contributed by atoms with Crippen molar-refractivity contribution in [2.24, 2.45) is 5.16 Å². The Labute approximate surface area is 260 Å². The number of nitrogens with one attached hydrogen (secondary N) is 1. The van der Waals surface area contributed by atoms with E-state index >= 15 is 0 Å². The van der Waals surface area contributed by atoms with E-state index in [1.54, 1.807) is 0 Å². The van der Waals surface area contributed by atoms with Gasteiger partial charge in [0.05, 0.1) is 5.52 Å². The average molecular weight is 662 g/mol. The summed E-state index contributed by atoms with van der Waals surface area (Å²) < 4.78 is 0. The molecule has 5 rings (SSSR count). The van der Waals surface area contributed by atoms with Gasteiger partial charge in [-0.15, -0.1) is 34.9 Å². The normalized spacial score (nSPS) is 18.5. The third-order valence-corrected chi connectivity index (χ3v) is 9.58. The lowest BCUT2D eigenvalue weighted by atomic mass is 10.0. The summed E-state index contributed by atoms with van der Waals surface area (Å²) in [6.07, 6.45) is 1.27. The van der Waals surface area contributed by atoms with E-state index in [4.69, 9.17) is 10.6 Å². The van der Waals surface area contributed by atoms with Gasteiger partial charge in [-0.3, -0.25) is 14.5 Å². The molecule has 3 aromatic rings. The number of carbonyl (C=O) groups excluding carboxylic acids is 2. The van der Waals surface area contributed by atoms with Crippen LogP contribution in [0.25, 0.3) is 10.9 Å². The Hall–Kier alpha value is -4.62. The van der Waals surface area contributed by atoms with Crippen molar-refractivity contribution < 1.29 is 44.4 Å². The van der Waals surface area contributed by atoms with Crippen molar-refractivity contribution in [2.75, 3.05) is 17.2 Å². The Bertz CT molecular complexity index is 1770. The number of phenolic OH excluding ortho intramolecular Hbond substituents is 2. The molecule has 230 valence electrons. The summed E-state index contributed by atoms with van der Waals surface area (Å²) in [6.45, 7) is 2.46. The van der Waals surface area contributed by atoms with Gasteiger partial charge < -0.3 is 36.3 Å². The van der Waals surface area contributed by atoms with E-state index in [9.17, 15) is 39.6 Å². The largest absolute Gasteiger partial charge is 0.504 e. The molecule has 16 nitrogen and oxygen atoms in total. The number of carbonyl (C=O) groups is 4. The number of anilines is 1. The van der Waals surface area contributed by atoms with Gasteiger partial charge in [-0.2, -0.15) is 0 Å². The molecular weight excluding hydrogens is 639 g/mol. The van der Waals surface area contributed by atoms with Gasteiger partial charge in [0.1, 0.15) is 34.2 Å². The number of carboxylic acids is 2. The molecule has 2 amide bonds. The number of oxime groups is 1. The van der Waals surface area contributed by atoms with Crippen molar-refractivity contribution in [3.63, 3.8) is 0 Å². The molecule has 2 atom stereocenters. The summed E-state index contributed by atoms with van der Waals surface area (Å²) in [5.41, 5.74) is 4.07. The first-order chi connectivity index (χ1) is 20.8. The number of thioether (sulfide) groups is 2. The Balaban J connectivity index is 1.35. The van der Waals surface area contributed by atoms with Crippen molar-refractivity contribution >= 4 is 80.4 Å². The molecule has 0 radical (unpaired) electrons. The van der Waals surface area contributed by atoms with Gasteiger partial charge in [-0.05, 0) is 25.5 Å². The Morgan fingerprint density at radius 1 is 1.23 bits per heavy atom. The molecule has 2 aromatic heterocycles. The van der Waals surface area contributed by atoms with Crippen LogP contribution >= 0.6 is 34.9 Å². The maximum atomic E-state index is 13.3. The van der Waals surface area contributed by atoms with Gasteiger partial charge in [0, 0.05) is 28.3 Å². The summed E-state index contributed by atoms with van der Waals surface area (Å²) in [5.74, 6) is -4.61. The van der Waals surface area contributed by atoms with Gasteiger partial charge in [-0.1, -0.05) is 5.16 Å². The summed E-state index contributed by atoms with van der Waals surface area (Å²) in [7, 11) is 0. The second-order valence-corrected chi connectivity index (χ2v) is 12.8. The predicted octanol–water partition coefficient (Wildman–Crippen LogP) is 1.19. The molecule has 1 aromatic carbocycles. The van der Waals surface area contributed by atoms with Crippen LogP contribution in [0.2, 0.25) is 0 Å². The van der Waals surface area contributed by atoms with Crippen LogP contribution in [0.4, 0.5) is 5.13 Å². The summed E-state index contributed by atoms with van der Waals surface area (Å²) in [5, 5.41) is 47.0. The fraction of sp³-hybridized carbons (Fsp3) is 0.280. The molecule has 1 saturated heterocycles. The monoisotopic (exact) mass is 661 g/mol. The molecule has 1 unspecified atom stereocenters. The first kappa shape index (κ1) is 30.8. The Kier molecular flexibility index (Phi) is 8.28. The number of β-lactam (4-membered cyclic amide) rings is 1. The number of aliphatic carboxylic acids is 2. The number of hydrogen-bond acceptors (Lipinski definition) is 15. The van der Waals surface area contributed by atoms with Crippen LogP contribution in [0.3, 0.4) is 0 Å². The molecule has 0 spiro atoms. The maximum Gasteiger partial charge on any atom is 0.352 e. The first-order valence-corrected chi connectivity index (χ1v) is 15.4. The lowest BCUT2D eigenvalue weighted by Gasteiger charge is -2.49. The standard InChI is InChI=1S/C25H23N7O9S3/c1-25(2,23(39)40)41-31-15(12-7-44-24(26)29-12)18(35)30-16-20(36)32-17(22(37)38)9(6-43-21(16)32)5-42-19-10-3-13(33)14(34)4-11(10)27-8-28-19/h3-4,7-8,16,21,33-34H,5-6H2,1-2H3,(H2,26,29)(H,30,35)(H,37,38)(H,39,40)/b31-15-/t16?,21-/m1/s1. The van der Waals surface area contributed by atoms with Gasteiger partial charge in [0.15, 0.2) is 22.3 Å². The average Bonchev–Trinajstić information content (AvgIpc) is 3.40. The molecule has 4 heterocycles. The number of fused-ring (bicyclic) bond motifs is 2. The number of phenols is 2. The van der Waals surface area contributed by atoms with Crippen LogP contribution in [0.15, 0.2) is 45.3 Å². The molecule has 2 aliphatic heterocycles. The van der Waals surface area contributed by atoms with Crippen LogP contribution in [-0.2, 0) is 24.0 Å². The Morgan fingerprint density at radius 2 is 1.95 bits per heavy atom. The van der Waals surface area contributed by atoms with Gasteiger partial charge in [0.2, 0.25) is 5.60 Å². The highest BCUT2D eigenvalue weighted by molar-refractivity contribution is 8.01. The molecule has 2 aliphatic rings. The summed E-state index contributed by atoms with van der Waals surface area (Å²) in [4.78, 5) is 68.7. The number of nitrogens with zero attached hydrogens (tertiary/aromatic N) is 5. The number of amides is 2. The lowest BCUT2D eigenvalue weighted by molar-refractivity contribution is -0.161. The van der Waals surface area contributed by atoms with E-state index in [-0.39, 0.29) is 39.5 Å². The van der Waals surface area contributed by atoms with Crippen LogP contribution in [0.5, 0.6) is 11.5 Å². The minimum absolute atomic E-state index is 0.00248. The number of benzene rings is 1. The second kappa shape index (κ2) is 11.8. The van der Waals surface area contributed by atoms with Crippen molar-refractivity contribution in [2.45, 2.75) is 35.9 Å². The zero-order valence-electron chi connectivity index (χ0n) is 22.7. The smallest absolute Gasteiger partial charge is 0.352 e. The highest BCUT2D eigenvalue weighted by Gasteiger charge is 2.54. The summed E-state index contributed by atoms with van der Waals surface area (Å²) >= 11 is 3.42. The molecule has 0 aliphatic carbocycles. The van der Waals surface area contributed by atoms with E-state index in [0.717, 1.165) is 16.2 Å². The molecule has 7 N–H and O–H groups in total. The number of aromatic nitrogens is 3. The number of thiazole rings is 1. The summed E-state index contributed by atoms with van der Waals surface area (Å²) in [6, 6.07) is 1.47. The quantitative estimate of drug-likeness (QED) is 0.0446. The molecule has 1 fully saturated rings. The highest BCUT2D eigenvalue weighted by atomic mass is 32.2. The fourth-order valence-corrected chi connectivity index (χ4v) is 7.14. The van der Waals surface area contributed by atoms with E-state index in [1.165, 1.54) is 61.2 Å². The zero-order valence-corrected chi connectivity index (χ0v) is 25.2. The molecule has 0 saturated carbocycles. The number of nitrogen functional groups attached to an aromatic ring is 1. The Morgan fingerprint density at radius 3 is 2.61 bits per heavy atom. The molecule has 44 heavy (non-hydrogen) atoms. The molecule has 19 heteroatoms. The van der Waals surface area contributed by atoms with Gasteiger partial charge >= 0.3 is 11.9 Å². The van der Waals surface area contributed by atoms with E-state index < -0.39 is 46.5 Å². The van der Waals surface area contributed by atoms with Gasteiger partial charge in [-0.25, -0.2) is 24.5 Å². The number of hydrogen-bond donors (Lipinski definition) is 6. The number of nitrogens with two attached hydrogens (primary N) is 1. The second-order valence-electron chi connectivity index (χ2n) is 9.86. The molecular formula is C25H23N7O9S3. The third-order valence-electron chi connectivity index (χ3n) is 6.47. The number of rotatable bonds is 10. The van der Waals surface area contributed by atoms with Crippen LogP contribution < -0.4 is 11.1 Å². The van der Waals surface area contributed by atoms with Crippen LogP contribution in [-0.4, -0.2) is 98.3 Å². The highest BCUT2D eigenvalue weighted by Crippen LogP contribution is 2.42. The topological polar surface area (TPSA) is 251 Å². The predicted molar refractivity (Wildman–Crippen MR) is 159 cm³/mol. The lowest BCUT2D eigenvalue weighted by Crippen LogP contribution is -2.71. The van der Waals surface area contributed by atoms with E-state index in [0.29, 0.717) is 21.5 Å². The first-order valence-electron chi connectivity index (χ1n) is 12.5. The third kappa shape index (κ3) is 5.80. The maximum absolute atomic E-state index is 13.3. The van der Waals surface area contributed by atoms with Crippen LogP contribution in [0.1, 0.15) is 19.5 Å². The molecule has 0 bridgehead atoms. The van der Waals surface area contributed by atoms with Crippen molar-refractivity contribution in [1.29, 1.82) is 0 Å². The fourth-order valence-electron chi connectivity index (χ4n) is 4.13. The zero-order chi connectivity index (χ0) is 31.9. The van der Waals surface area contributed by atoms with Gasteiger partial charge in [0.25, 0.3) is 11.8 Å². The number of aromatic hydroxyl groups is 2.